The summed E-state index contributed by atoms with van der Waals surface area (Å²) < 4.78 is 5.15. The number of nitrogens with one attached hydrogen (secondary N) is 1. The summed E-state index contributed by atoms with van der Waals surface area (Å²) in [5.41, 5.74) is 4.43. The second-order valence-electron chi connectivity index (χ2n) is 4.04. The number of aromatic nitrogens is 1. The second-order valence-corrected chi connectivity index (χ2v) is 4.42. The molecular weight excluding hydrogens is 248 g/mol. The van der Waals surface area contributed by atoms with Crippen LogP contribution in [0, 0.1) is 0 Å². The molecule has 0 saturated carbocycles. The molecule has 96 valence electrons. The number of likely N-dealkylation sites (tertiary alicyclic amines) is 1. The van der Waals surface area contributed by atoms with Crippen molar-refractivity contribution in [3.8, 4) is 5.75 Å². The third-order valence-electron chi connectivity index (χ3n) is 2.80. The maximum absolute atomic E-state index is 5.21. The molecule has 5 nitrogen and oxygen atoms in total. The number of ether oxygens (including phenoxy) is 1. The molecule has 0 amide bonds. The number of rotatable bonds is 3. The lowest BCUT2D eigenvalue weighted by Gasteiger charge is -2.32. The minimum absolute atomic E-state index is 0.670. The van der Waals surface area contributed by atoms with Gasteiger partial charge in [-0.1, -0.05) is 0 Å². The molecule has 0 aliphatic carbocycles. The zero-order chi connectivity index (χ0) is 13.0. The van der Waals surface area contributed by atoms with E-state index in [1.807, 2.05) is 13.0 Å². The molecule has 0 radical (unpaired) electrons. The minimum Gasteiger partial charge on any atom is -0.497 e. The second kappa shape index (κ2) is 5.77. The number of nitrogens with zero attached hydrogens (tertiary/aromatic N) is 3. The molecule has 1 aliphatic heterocycles. The van der Waals surface area contributed by atoms with Crippen LogP contribution in [0.3, 0.4) is 0 Å². The molecular formula is C12H16N4OS. The van der Waals surface area contributed by atoms with Gasteiger partial charge in [0, 0.05) is 25.4 Å². The molecule has 1 N–H and O–H groups in total. The van der Waals surface area contributed by atoms with Crippen molar-refractivity contribution in [1.82, 2.24) is 15.3 Å². The van der Waals surface area contributed by atoms with Crippen LogP contribution in [0.2, 0.25) is 0 Å². The van der Waals surface area contributed by atoms with Gasteiger partial charge in [-0.2, -0.15) is 5.10 Å². The van der Waals surface area contributed by atoms with Crippen LogP contribution in [0.1, 0.15) is 19.0 Å². The van der Waals surface area contributed by atoms with Gasteiger partial charge in [-0.15, -0.1) is 0 Å². The first-order valence-electron chi connectivity index (χ1n) is 5.80. The van der Waals surface area contributed by atoms with E-state index in [1.54, 1.807) is 19.4 Å². The maximum Gasteiger partial charge on any atom is 0.189 e. The van der Waals surface area contributed by atoms with Crippen LogP contribution < -0.4 is 10.2 Å². The van der Waals surface area contributed by atoms with E-state index in [0.717, 1.165) is 30.2 Å². The van der Waals surface area contributed by atoms with E-state index in [0.29, 0.717) is 5.11 Å². The maximum atomic E-state index is 5.21. The van der Waals surface area contributed by atoms with Crippen LogP contribution in [0.4, 0.5) is 0 Å². The molecule has 0 bridgehead atoms. The van der Waals surface area contributed by atoms with E-state index in [1.165, 1.54) is 6.42 Å². The number of hydrogen-bond acceptors (Lipinski definition) is 4. The molecule has 1 saturated heterocycles. The van der Waals surface area contributed by atoms with Crippen molar-refractivity contribution in [3.63, 3.8) is 0 Å². The zero-order valence-corrected chi connectivity index (χ0v) is 11.3. The average molecular weight is 264 g/mol. The van der Waals surface area contributed by atoms with E-state index >= 15 is 0 Å². The quantitative estimate of drug-likeness (QED) is 0.508. The van der Waals surface area contributed by atoms with Gasteiger partial charge in [0.05, 0.1) is 18.5 Å². The molecule has 0 spiro atoms. The van der Waals surface area contributed by atoms with Crippen molar-refractivity contribution < 1.29 is 4.74 Å². The van der Waals surface area contributed by atoms with Gasteiger partial charge in [0.25, 0.3) is 0 Å². The molecule has 1 aromatic rings. The Balaban J connectivity index is 2.00. The fourth-order valence-corrected chi connectivity index (χ4v) is 1.74. The summed E-state index contributed by atoms with van der Waals surface area (Å²) in [5, 5.41) is 4.91. The van der Waals surface area contributed by atoms with Crippen molar-refractivity contribution in [2.45, 2.75) is 13.3 Å². The van der Waals surface area contributed by atoms with Gasteiger partial charge in [0.1, 0.15) is 5.75 Å². The van der Waals surface area contributed by atoms with Crippen molar-refractivity contribution in [1.29, 1.82) is 0 Å². The van der Waals surface area contributed by atoms with Gasteiger partial charge >= 0.3 is 0 Å². The summed E-state index contributed by atoms with van der Waals surface area (Å²) in [7, 11) is 1.63. The predicted molar refractivity (Wildman–Crippen MR) is 74.9 cm³/mol. The van der Waals surface area contributed by atoms with Gasteiger partial charge < -0.3 is 9.64 Å². The summed E-state index contributed by atoms with van der Waals surface area (Å²) in [5.74, 6) is 0.764. The largest absolute Gasteiger partial charge is 0.497 e. The molecule has 1 fully saturated rings. The Hall–Kier alpha value is -1.69. The van der Waals surface area contributed by atoms with Crippen molar-refractivity contribution in [2.75, 3.05) is 20.2 Å². The lowest BCUT2D eigenvalue weighted by molar-refractivity contribution is 0.296. The Morgan fingerprint density at radius 3 is 2.94 bits per heavy atom. The van der Waals surface area contributed by atoms with Gasteiger partial charge in [0.2, 0.25) is 0 Å². The van der Waals surface area contributed by atoms with Crippen LogP contribution in [0.15, 0.2) is 23.4 Å². The Kier molecular flexibility index (Phi) is 4.09. The van der Waals surface area contributed by atoms with Crippen molar-refractivity contribution in [2.24, 2.45) is 5.10 Å². The van der Waals surface area contributed by atoms with Crippen LogP contribution in [0.5, 0.6) is 5.75 Å². The molecule has 2 rings (SSSR count). The molecule has 6 heteroatoms. The topological polar surface area (TPSA) is 49.8 Å². The van der Waals surface area contributed by atoms with E-state index < -0.39 is 0 Å². The fourth-order valence-electron chi connectivity index (χ4n) is 1.51. The highest BCUT2D eigenvalue weighted by molar-refractivity contribution is 7.80. The fraction of sp³-hybridized carbons (Fsp3) is 0.417. The summed E-state index contributed by atoms with van der Waals surface area (Å²) >= 11 is 5.21. The molecule has 0 aromatic carbocycles. The van der Waals surface area contributed by atoms with Crippen LogP contribution in [-0.4, -0.2) is 40.9 Å². The summed E-state index contributed by atoms with van der Waals surface area (Å²) in [6.07, 6.45) is 2.89. The van der Waals surface area contributed by atoms with Crippen LogP contribution >= 0.6 is 12.2 Å². The van der Waals surface area contributed by atoms with Gasteiger partial charge in [-0.3, -0.25) is 10.4 Å². The highest BCUT2D eigenvalue weighted by Gasteiger charge is 2.16. The predicted octanol–water partition coefficient (Wildman–Crippen LogP) is 1.39. The summed E-state index contributed by atoms with van der Waals surface area (Å²) in [6, 6.07) is 3.64. The molecule has 2 heterocycles. The number of thiocarbonyl (C=S) groups is 1. The monoisotopic (exact) mass is 264 g/mol. The number of methoxy groups -OCH3 is 1. The zero-order valence-electron chi connectivity index (χ0n) is 10.5. The standard InChI is InChI=1S/C12H16N4OS/c1-9(11-8-10(17-2)4-5-13-11)14-15-12(18)16-6-3-7-16/h4-5,8H,3,6-7H2,1-2H3,(H,15,18)/b14-9+. The number of hydrazone groups is 1. The third kappa shape index (κ3) is 2.95. The van der Waals surface area contributed by atoms with E-state index in [9.17, 15) is 0 Å². The van der Waals surface area contributed by atoms with Crippen LogP contribution in [-0.2, 0) is 0 Å². The first-order valence-corrected chi connectivity index (χ1v) is 6.21. The molecule has 1 aliphatic rings. The highest BCUT2D eigenvalue weighted by atomic mass is 32.1. The normalized spacial score (nSPS) is 15.0. The van der Waals surface area contributed by atoms with Crippen LogP contribution in [0.25, 0.3) is 0 Å². The number of pyridine rings is 1. The Morgan fingerprint density at radius 1 is 1.56 bits per heavy atom. The lowest BCUT2D eigenvalue weighted by atomic mass is 10.2. The van der Waals surface area contributed by atoms with Gasteiger partial charge in [-0.25, -0.2) is 0 Å². The van der Waals surface area contributed by atoms with E-state index in [4.69, 9.17) is 17.0 Å². The van der Waals surface area contributed by atoms with Gasteiger partial charge in [0.15, 0.2) is 5.11 Å². The molecule has 18 heavy (non-hydrogen) atoms. The van der Waals surface area contributed by atoms with Gasteiger partial charge in [-0.05, 0) is 31.6 Å². The van der Waals surface area contributed by atoms with Crippen molar-refractivity contribution in [3.05, 3.63) is 24.0 Å². The summed E-state index contributed by atoms with van der Waals surface area (Å²) in [4.78, 5) is 6.31. The third-order valence-corrected chi connectivity index (χ3v) is 3.15. The first-order chi connectivity index (χ1) is 8.70. The molecule has 1 aromatic heterocycles. The first kappa shape index (κ1) is 12.8. The Bertz CT molecular complexity index is 471. The van der Waals surface area contributed by atoms with E-state index in [2.05, 4.69) is 20.4 Å². The Morgan fingerprint density at radius 2 is 2.33 bits per heavy atom. The summed E-state index contributed by atoms with van der Waals surface area (Å²) in [6.45, 7) is 3.91. The Labute approximate surface area is 112 Å². The average Bonchev–Trinajstić information content (AvgIpc) is 2.34. The van der Waals surface area contributed by atoms with E-state index in [-0.39, 0.29) is 0 Å². The SMILES string of the molecule is COc1ccnc(/C(C)=N/NC(=S)N2CCC2)c1. The van der Waals surface area contributed by atoms with Crippen molar-refractivity contribution >= 4 is 23.0 Å². The molecule has 0 atom stereocenters. The highest BCUT2D eigenvalue weighted by Crippen LogP contribution is 2.10. The number of hydrogen-bond donors (Lipinski definition) is 1. The minimum atomic E-state index is 0.670. The lowest BCUT2D eigenvalue weighted by Crippen LogP contribution is -2.46. The smallest absolute Gasteiger partial charge is 0.189 e. The molecule has 0 unspecified atom stereocenters.